The van der Waals surface area contributed by atoms with Crippen LogP contribution in [0.3, 0.4) is 0 Å². The Morgan fingerprint density at radius 3 is 2.67 bits per heavy atom. The van der Waals surface area contributed by atoms with Gasteiger partial charge in [0.05, 0.1) is 0 Å². The molecule has 0 saturated heterocycles. The van der Waals surface area contributed by atoms with E-state index >= 15 is 0 Å². The van der Waals surface area contributed by atoms with Gasteiger partial charge in [0.25, 0.3) is 5.56 Å². The average molecular weight is 283 g/mol. The molecule has 1 aliphatic rings. The van der Waals surface area contributed by atoms with E-state index < -0.39 is 0 Å². The summed E-state index contributed by atoms with van der Waals surface area (Å²) in [4.78, 5) is 25.7. The van der Waals surface area contributed by atoms with Crippen LogP contribution in [0, 0.1) is 0 Å². The van der Waals surface area contributed by atoms with Crippen molar-refractivity contribution in [2.45, 2.75) is 19.4 Å². The van der Waals surface area contributed by atoms with Crippen LogP contribution >= 0.6 is 0 Å². The molecule has 2 heterocycles. The first-order chi connectivity index (χ1) is 10.1. The van der Waals surface area contributed by atoms with Gasteiger partial charge >= 0.3 is 0 Å². The molecule has 108 valence electrons. The molecule has 0 fully saturated rings. The Bertz CT molecular complexity index is 736. The predicted octanol–water partition coefficient (Wildman–Crippen LogP) is 1.41. The largest absolute Gasteiger partial charge is 0.398 e. The molecule has 0 spiro atoms. The highest BCUT2D eigenvalue weighted by molar-refractivity contribution is 5.96. The summed E-state index contributed by atoms with van der Waals surface area (Å²) in [6.07, 6.45) is 2.91. The molecule has 21 heavy (non-hydrogen) atoms. The highest BCUT2D eigenvalue weighted by Gasteiger charge is 2.23. The Hall–Kier alpha value is -2.56. The number of carbonyl (C=O) groups is 1. The smallest absolute Gasteiger partial charge is 0.250 e. The first-order valence-corrected chi connectivity index (χ1v) is 6.99. The van der Waals surface area contributed by atoms with Gasteiger partial charge in [0.2, 0.25) is 5.91 Å². The second-order valence-electron chi connectivity index (χ2n) is 5.17. The van der Waals surface area contributed by atoms with Crippen molar-refractivity contribution < 1.29 is 4.79 Å². The fourth-order valence-corrected chi connectivity index (χ4v) is 2.67. The lowest BCUT2D eigenvalue weighted by Crippen LogP contribution is -2.38. The Morgan fingerprint density at radius 2 is 1.81 bits per heavy atom. The number of aryl methyl sites for hydroxylation is 1. The average Bonchev–Trinajstić information content (AvgIpc) is 2.49. The van der Waals surface area contributed by atoms with Crippen molar-refractivity contribution >= 4 is 17.3 Å². The number of benzene rings is 1. The number of nitrogen functional groups attached to an aromatic ring is 1. The Labute approximate surface area is 122 Å². The Kier molecular flexibility index (Phi) is 3.48. The summed E-state index contributed by atoms with van der Waals surface area (Å²) in [6, 6.07) is 10.9. The fourth-order valence-electron chi connectivity index (χ4n) is 2.67. The molecular formula is C16H17N3O2. The van der Waals surface area contributed by atoms with Crippen molar-refractivity contribution in [2.75, 3.05) is 17.2 Å². The minimum atomic E-state index is -0.109. The summed E-state index contributed by atoms with van der Waals surface area (Å²) >= 11 is 0. The van der Waals surface area contributed by atoms with Crippen molar-refractivity contribution in [2.24, 2.45) is 0 Å². The standard InChI is InChI=1S/C16H17N3O2/c17-13-6-8-15(20)18(11-13)9-10-19-14-4-2-1-3-12(14)5-7-16(19)21/h1-4,6,8,11H,5,7,9-10,17H2. The predicted molar refractivity (Wildman–Crippen MR) is 82.2 cm³/mol. The van der Waals surface area contributed by atoms with Gasteiger partial charge in [-0.3, -0.25) is 9.59 Å². The number of nitrogens with two attached hydrogens (primary N) is 1. The lowest BCUT2D eigenvalue weighted by Gasteiger charge is -2.29. The Balaban J connectivity index is 1.83. The normalized spacial score (nSPS) is 14.1. The molecule has 1 amide bonds. The lowest BCUT2D eigenvalue weighted by molar-refractivity contribution is -0.118. The van der Waals surface area contributed by atoms with Gasteiger partial charge in [-0.1, -0.05) is 18.2 Å². The van der Waals surface area contributed by atoms with Gasteiger partial charge in [-0.15, -0.1) is 0 Å². The molecule has 0 radical (unpaired) electrons. The van der Waals surface area contributed by atoms with E-state index in [1.165, 1.54) is 11.6 Å². The number of amides is 1. The van der Waals surface area contributed by atoms with Gasteiger partial charge in [-0.25, -0.2) is 0 Å². The van der Waals surface area contributed by atoms with Crippen molar-refractivity contribution in [1.29, 1.82) is 0 Å². The van der Waals surface area contributed by atoms with Gasteiger partial charge in [0.15, 0.2) is 0 Å². The molecular weight excluding hydrogens is 266 g/mol. The molecule has 0 saturated carbocycles. The summed E-state index contributed by atoms with van der Waals surface area (Å²) in [5.41, 5.74) is 8.26. The maximum absolute atomic E-state index is 12.1. The van der Waals surface area contributed by atoms with E-state index in [-0.39, 0.29) is 11.5 Å². The zero-order valence-electron chi connectivity index (χ0n) is 11.7. The molecule has 2 N–H and O–H groups in total. The zero-order chi connectivity index (χ0) is 14.8. The van der Waals surface area contributed by atoms with E-state index in [2.05, 4.69) is 0 Å². The summed E-state index contributed by atoms with van der Waals surface area (Å²) in [5.74, 6) is 0.102. The molecule has 0 bridgehead atoms. The van der Waals surface area contributed by atoms with E-state index in [4.69, 9.17) is 5.73 Å². The molecule has 3 rings (SSSR count). The third kappa shape index (κ3) is 2.67. The number of para-hydroxylation sites is 1. The van der Waals surface area contributed by atoms with Crippen LogP contribution in [0.25, 0.3) is 0 Å². The van der Waals surface area contributed by atoms with E-state index in [1.54, 1.807) is 21.7 Å². The van der Waals surface area contributed by atoms with Gasteiger partial charge in [0.1, 0.15) is 0 Å². The van der Waals surface area contributed by atoms with E-state index in [1.807, 2.05) is 24.3 Å². The van der Waals surface area contributed by atoms with Crippen LogP contribution in [0.15, 0.2) is 47.4 Å². The topological polar surface area (TPSA) is 68.3 Å². The van der Waals surface area contributed by atoms with Crippen LogP contribution in [0.4, 0.5) is 11.4 Å². The zero-order valence-corrected chi connectivity index (χ0v) is 11.7. The van der Waals surface area contributed by atoms with Crippen LogP contribution in [-0.2, 0) is 17.8 Å². The highest BCUT2D eigenvalue weighted by Crippen LogP contribution is 2.27. The fraction of sp³-hybridized carbons (Fsp3) is 0.250. The van der Waals surface area contributed by atoms with Gasteiger partial charge in [-0.2, -0.15) is 0 Å². The second-order valence-corrected chi connectivity index (χ2v) is 5.17. The highest BCUT2D eigenvalue weighted by atomic mass is 16.2. The number of rotatable bonds is 3. The monoisotopic (exact) mass is 283 g/mol. The maximum Gasteiger partial charge on any atom is 0.250 e. The maximum atomic E-state index is 12.1. The van der Waals surface area contributed by atoms with Crippen LogP contribution in [-0.4, -0.2) is 17.0 Å². The summed E-state index contributed by atoms with van der Waals surface area (Å²) in [5, 5.41) is 0. The minimum absolute atomic E-state index is 0.102. The summed E-state index contributed by atoms with van der Waals surface area (Å²) in [6.45, 7) is 0.906. The summed E-state index contributed by atoms with van der Waals surface area (Å²) in [7, 11) is 0. The molecule has 0 unspecified atom stereocenters. The van der Waals surface area contributed by atoms with Gasteiger partial charge < -0.3 is 15.2 Å². The number of nitrogens with zero attached hydrogens (tertiary/aromatic N) is 2. The first kappa shape index (κ1) is 13.4. The number of hydrogen-bond acceptors (Lipinski definition) is 3. The number of carbonyl (C=O) groups excluding carboxylic acids is 1. The van der Waals surface area contributed by atoms with Crippen molar-refractivity contribution in [3.8, 4) is 0 Å². The van der Waals surface area contributed by atoms with Crippen molar-refractivity contribution in [3.05, 3.63) is 58.5 Å². The van der Waals surface area contributed by atoms with E-state index in [9.17, 15) is 9.59 Å². The number of fused-ring (bicyclic) bond motifs is 1. The van der Waals surface area contributed by atoms with Gasteiger partial charge in [0, 0.05) is 43.1 Å². The van der Waals surface area contributed by atoms with Crippen LogP contribution < -0.4 is 16.2 Å². The molecule has 5 nitrogen and oxygen atoms in total. The minimum Gasteiger partial charge on any atom is -0.398 e. The molecule has 0 aliphatic carbocycles. The second kappa shape index (κ2) is 5.44. The third-order valence-corrected chi connectivity index (χ3v) is 3.76. The Morgan fingerprint density at radius 1 is 1.00 bits per heavy atom. The van der Waals surface area contributed by atoms with E-state index in [0.717, 1.165) is 12.1 Å². The molecule has 1 aromatic heterocycles. The quantitative estimate of drug-likeness (QED) is 0.926. The van der Waals surface area contributed by atoms with Crippen molar-refractivity contribution in [1.82, 2.24) is 4.57 Å². The molecule has 0 atom stereocenters. The van der Waals surface area contributed by atoms with Gasteiger partial charge in [-0.05, 0) is 24.1 Å². The van der Waals surface area contributed by atoms with E-state index in [0.29, 0.717) is 25.2 Å². The number of hydrogen-bond donors (Lipinski definition) is 1. The van der Waals surface area contributed by atoms with Crippen LogP contribution in [0.5, 0.6) is 0 Å². The molecule has 1 aromatic carbocycles. The van der Waals surface area contributed by atoms with Crippen LogP contribution in [0.2, 0.25) is 0 Å². The van der Waals surface area contributed by atoms with Crippen LogP contribution in [0.1, 0.15) is 12.0 Å². The molecule has 5 heteroatoms. The number of anilines is 2. The van der Waals surface area contributed by atoms with Crippen molar-refractivity contribution in [3.63, 3.8) is 0 Å². The SMILES string of the molecule is Nc1ccc(=O)n(CCN2C(=O)CCc3ccccc32)c1. The number of aromatic nitrogens is 1. The number of pyridine rings is 1. The lowest BCUT2D eigenvalue weighted by atomic mass is 10.0. The molecule has 1 aliphatic heterocycles. The molecule has 2 aromatic rings. The first-order valence-electron chi connectivity index (χ1n) is 6.99. The third-order valence-electron chi connectivity index (χ3n) is 3.76. The summed E-state index contributed by atoms with van der Waals surface area (Å²) < 4.78 is 1.54.